The van der Waals surface area contributed by atoms with Crippen molar-refractivity contribution in [3.8, 4) is 0 Å². The zero-order chi connectivity index (χ0) is 15.3. The fourth-order valence-corrected chi connectivity index (χ4v) is 1.55. The third-order valence-electron chi connectivity index (χ3n) is 2.51. The Bertz CT molecular complexity index is 754. The molecule has 0 amide bonds. The summed E-state index contributed by atoms with van der Waals surface area (Å²) < 4.78 is 10.1. The van der Waals surface area contributed by atoms with E-state index in [1.807, 2.05) is 54.6 Å². The van der Waals surface area contributed by atoms with Crippen LogP contribution in [0.4, 0.5) is 0 Å². The fraction of sp³-hybridized carbons (Fsp3) is 0. The van der Waals surface area contributed by atoms with Gasteiger partial charge in [0.1, 0.15) is 25.0 Å². The summed E-state index contributed by atoms with van der Waals surface area (Å²) in [6.07, 6.45) is 20.1. The Kier molecular flexibility index (Phi) is 6.74. The largest absolute Gasteiger partial charge is 0.468 e. The Morgan fingerprint density at radius 3 is 2.41 bits per heavy atom. The molecule has 0 bridgehead atoms. The molecule has 0 radical (unpaired) electrons. The van der Waals surface area contributed by atoms with Gasteiger partial charge in [0.15, 0.2) is 0 Å². The van der Waals surface area contributed by atoms with E-state index in [1.165, 1.54) is 31.2 Å². The first-order chi connectivity index (χ1) is 11.0. The number of para-hydroxylation sites is 1. The summed E-state index contributed by atoms with van der Waals surface area (Å²) in [4.78, 5) is 8.36. The standard InChI is InChI=1S/C18H16N2O2/c1-2-6-10-19-11-13-21-15-16-22-14-12-20-18-9-5-4-8-17(18)7-3-1/h1-16H. The maximum absolute atomic E-state index is 5.11. The minimum absolute atomic E-state index is 0.863. The smallest absolute Gasteiger partial charge is 0.125 e. The second-order valence-electron chi connectivity index (χ2n) is 4.04. The highest BCUT2D eigenvalue weighted by Gasteiger charge is 1.82. The maximum atomic E-state index is 5.11. The lowest BCUT2D eigenvalue weighted by Crippen LogP contribution is -2.23. The van der Waals surface area contributed by atoms with Crippen LogP contribution in [0.1, 0.15) is 0 Å². The molecule has 0 N–H and O–H groups in total. The van der Waals surface area contributed by atoms with Crippen LogP contribution >= 0.6 is 0 Å². The van der Waals surface area contributed by atoms with Gasteiger partial charge < -0.3 is 9.47 Å². The number of fused-ring (bicyclic) bond motifs is 1. The third-order valence-corrected chi connectivity index (χ3v) is 2.51. The molecular weight excluding hydrogens is 276 g/mol. The Balaban J connectivity index is 2.29. The summed E-state index contributed by atoms with van der Waals surface area (Å²) in [6.45, 7) is 0. The van der Waals surface area contributed by atoms with E-state index in [9.17, 15) is 0 Å². The summed E-state index contributed by atoms with van der Waals surface area (Å²) in [5.41, 5.74) is 0. The van der Waals surface area contributed by atoms with E-state index in [0.717, 1.165) is 10.6 Å². The lowest BCUT2D eigenvalue weighted by molar-refractivity contribution is 0.344. The molecule has 0 fully saturated rings. The molecule has 0 saturated carbocycles. The summed E-state index contributed by atoms with van der Waals surface area (Å²) in [7, 11) is 0. The lowest BCUT2D eigenvalue weighted by atomic mass is 10.2. The van der Waals surface area contributed by atoms with Crippen LogP contribution in [0, 0.1) is 0 Å². The average molecular weight is 292 g/mol. The van der Waals surface area contributed by atoms with Gasteiger partial charge in [-0.1, -0.05) is 42.5 Å². The molecule has 22 heavy (non-hydrogen) atoms. The molecule has 2 rings (SSSR count). The molecule has 0 aliphatic carbocycles. The Morgan fingerprint density at radius 1 is 0.727 bits per heavy atom. The highest BCUT2D eigenvalue weighted by molar-refractivity contribution is 5.72. The van der Waals surface area contributed by atoms with Crippen molar-refractivity contribution in [1.29, 1.82) is 0 Å². The SMILES string of the molecule is C1=CC=NC=COC=COC=CN=c2ccccc2=CC=C1. The van der Waals surface area contributed by atoms with Crippen LogP contribution in [0.3, 0.4) is 0 Å². The highest BCUT2D eigenvalue weighted by atomic mass is 16.5. The van der Waals surface area contributed by atoms with Crippen molar-refractivity contribution in [1.82, 2.24) is 0 Å². The van der Waals surface area contributed by atoms with Gasteiger partial charge in [0.2, 0.25) is 0 Å². The number of nitrogens with zero attached hydrogens (tertiary/aromatic N) is 2. The first-order valence-electron chi connectivity index (χ1n) is 6.72. The van der Waals surface area contributed by atoms with Crippen molar-refractivity contribution in [2.45, 2.75) is 0 Å². The average Bonchev–Trinajstić information content (AvgIpc) is 2.55. The van der Waals surface area contributed by atoms with Gasteiger partial charge in [-0.2, -0.15) is 0 Å². The lowest BCUT2D eigenvalue weighted by Gasteiger charge is -1.90. The van der Waals surface area contributed by atoms with Crippen LogP contribution in [0.5, 0.6) is 0 Å². The van der Waals surface area contributed by atoms with Crippen molar-refractivity contribution >= 4 is 12.3 Å². The van der Waals surface area contributed by atoms with E-state index in [0.29, 0.717) is 0 Å². The van der Waals surface area contributed by atoms with Crippen LogP contribution in [-0.2, 0) is 9.47 Å². The number of aliphatic imine (C=N–C) groups is 1. The minimum Gasteiger partial charge on any atom is -0.468 e. The van der Waals surface area contributed by atoms with E-state index in [2.05, 4.69) is 9.98 Å². The molecule has 0 saturated heterocycles. The number of rotatable bonds is 0. The number of allylic oxidation sites excluding steroid dienone is 4. The van der Waals surface area contributed by atoms with Crippen LogP contribution < -0.4 is 10.6 Å². The highest BCUT2D eigenvalue weighted by Crippen LogP contribution is 1.86. The Morgan fingerprint density at radius 2 is 1.50 bits per heavy atom. The summed E-state index contributed by atoms with van der Waals surface area (Å²) in [5.74, 6) is 0. The molecule has 4 nitrogen and oxygen atoms in total. The van der Waals surface area contributed by atoms with Gasteiger partial charge in [0, 0.05) is 11.4 Å². The van der Waals surface area contributed by atoms with E-state index >= 15 is 0 Å². The van der Waals surface area contributed by atoms with Gasteiger partial charge in [0.25, 0.3) is 0 Å². The van der Waals surface area contributed by atoms with Gasteiger partial charge in [-0.25, -0.2) is 0 Å². The van der Waals surface area contributed by atoms with Crippen molar-refractivity contribution < 1.29 is 9.47 Å². The van der Waals surface area contributed by atoms with Gasteiger partial charge in [-0.15, -0.1) is 0 Å². The first kappa shape index (κ1) is 15.3. The van der Waals surface area contributed by atoms with E-state index in [4.69, 9.17) is 9.47 Å². The molecule has 0 atom stereocenters. The molecule has 0 unspecified atom stereocenters. The molecule has 110 valence electrons. The number of hydrogen-bond donors (Lipinski definition) is 0. The van der Waals surface area contributed by atoms with Crippen LogP contribution in [0.2, 0.25) is 0 Å². The second-order valence-corrected chi connectivity index (χ2v) is 4.04. The molecule has 0 spiro atoms. The zero-order valence-corrected chi connectivity index (χ0v) is 11.9. The van der Waals surface area contributed by atoms with E-state index < -0.39 is 0 Å². The molecule has 1 aliphatic heterocycles. The molecular formula is C18H16N2O2. The molecule has 1 heterocycles. The summed E-state index contributed by atoms with van der Waals surface area (Å²) in [6, 6.07) is 7.85. The third kappa shape index (κ3) is 5.88. The molecule has 1 aromatic carbocycles. The van der Waals surface area contributed by atoms with Gasteiger partial charge >= 0.3 is 0 Å². The first-order valence-corrected chi connectivity index (χ1v) is 6.72. The fourth-order valence-electron chi connectivity index (χ4n) is 1.55. The van der Waals surface area contributed by atoms with Crippen molar-refractivity contribution in [3.05, 3.63) is 96.6 Å². The quantitative estimate of drug-likeness (QED) is 0.738. The molecule has 0 aromatic heterocycles. The van der Waals surface area contributed by atoms with Gasteiger partial charge in [-0.3, -0.25) is 9.98 Å². The van der Waals surface area contributed by atoms with Crippen molar-refractivity contribution in [2.24, 2.45) is 9.98 Å². The summed E-state index contributed by atoms with van der Waals surface area (Å²) >= 11 is 0. The van der Waals surface area contributed by atoms with Crippen molar-refractivity contribution in [2.75, 3.05) is 0 Å². The normalized spacial score (nSPS) is 14.7. The summed E-state index contributed by atoms with van der Waals surface area (Å²) in [5, 5.41) is 1.88. The number of hydrogen-bond acceptors (Lipinski definition) is 4. The van der Waals surface area contributed by atoms with Crippen LogP contribution in [-0.4, -0.2) is 6.21 Å². The van der Waals surface area contributed by atoms with Gasteiger partial charge in [-0.05, 0) is 12.1 Å². The number of benzene rings is 1. The van der Waals surface area contributed by atoms with E-state index in [1.54, 1.807) is 12.4 Å². The molecule has 4 heteroatoms. The Labute approximate surface area is 129 Å². The second kappa shape index (κ2) is 9.72. The number of ether oxygens (including phenoxy) is 2. The predicted molar refractivity (Wildman–Crippen MR) is 88.1 cm³/mol. The molecule has 1 aromatic rings. The van der Waals surface area contributed by atoms with Crippen molar-refractivity contribution in [3.63, 3.8) is 0 Å². The minimum atomic E-state index is 0.863. The van der Waals surface area contributed by atoms with Crippen LogP contribution in [0.25, 0.3) is 6.08 Å². The van der Waals surface area contributed by atoms with Gasteiger partial charge in [0.05, 0.1) is 17.8 Å². The van der Waals surface area contributed by atoms with Crippen LogP contribution in [0.15, 0.2) is 96.0 Å². The monoisotopic (exact) mass is 292 g/mol. The van der Waals surface area contributed by atoms with E-state index in [-0.39, 0.29) is 0 Å². The zero-order valence-electron chi connectivity index (χ0n) is 11.9. The molecule has 1 aliphatic rings. The maximum Gasteiger partial charge on any atom is 0.125 e. The Hall–Kier alpha value is -3.14. The predicted octanol–water partition coefficient (Wildman–Crippen LogP) is 2.73. The topological polar surface area (TPSA) is 43.2 Å².